The van der Waals surface area contributed by atoms with Crippen molar-refractivity contribution >= 4 is 28.9 Å². The minimum Gasteiger partial charge on any atom is -0.461 e. The molecule has 0 atom stereocenters. The van der Waals surface area contributed by atoms with E-state index < -0.39 is 17.7 Å². The fourth-order valence-corrected chi connectivity index (χ4v) is 2.27. The number of carbonyl (C=O) groups excluding carboxylic acids is 2. The van der Waals surface area contributed by atoms with Crippen LogP contribution in [0.3, 0.4) is 0 Å². The largest absolute Gasteiger partial charge is 0.461 e. The normalized spacial score (nSPS) is 10.2. The summed E-state index contributed by atoms with van der Waals surface area (Å²) in [6.45, 7) is 3.68. The Morgan fingerprint density at radius 1 is 1.43 bits per heavy atom. The van der Waals surface area contributed by atoms with Crippen molar-refractivity contribution in [3.63, 3.8) is 0 Å². The van der Waals surface area contributed by atoms with Crippen molar-refractivity contribution < 1.29 is 18.7 Å². The number of halogens is 1. The lowest BCUT2D eigenvalue weighted by Crippen LogP contribution is -2.14. The third-order valence-corrected chi connectivity index (χ3v) is 3.46. The van der Waals surface area contributed by atoms with Crippen molar-refractivity contribution in [3.05, 3.63) is 45.7 Å². The molecule has 1 amide bonds. The van der Waals surface area contributed by atoms with Gasteiger partial charge in [0.05, 0.1) is 6.61 Å². The molecule has 2 aromatic rings. The number of carbonyl (C=O) groups is 2. The summed E-state index contributed by atoms with van der Waals surface area (Å²) in [5, 5.41) is 4.13. The van der Waals surface area contributed by atoms with E-state index in [1.165, 1.54) is 17.5 Å². The number of amides is 1. The highest BCUT2D eigenvalue weighted by atomic mass is 32.1. The van der Waals surface area contributed by atoms with Gasteiger partial charge in [-0.1, -0.05) is 6.07 Å². The van der Waals surface area contributed by atoms with Crippen LogP contribution in [0.15, 0.2) is 23.6 Å². The van der Waals surface area contributed by atoms with Crippen LogP contribution in [0.25, 0.3) is 0 Å². The van der Waals surface area contributed by atoms with Crippen molar-refractivity contribution in [3.8, 4) is 0 Å². The van der Waals surface area contributed by atoms with Gasteiger partial charge in [-0.2, -0.15) is 0 Å². The number of benzene rings is 1. The van der Waals surface area contributed by atoms with E-state index in [0.29, 0.717) is 5.69 Å². The summed E-state index contributed by atoms with van der Waals surface area (Å²) < 4.78 is 18.0. The number of rotatable bonds is 4. The van der Waals surface area contributed by atoms with E-state index in [1.54, 1.807) is 19.9 Å². The molecule has 21 heavy (non-hydrogen) atoms. The van der Waals surface area contributed by atoms with Crippen molar-refractivity contribution in [2.24, 2.45) is 0 Å². The van der Waals surface area contributed by atoms with E-state index in [0.717, 1.165) is 16.9 Å². The molecular weight excluding hydrogens is 295 g/mol. The molecule has 1 N–H and O–H groups in total. The van der Waals surface area contributed by atoms with E-state index in [9.17, 15) is 14.0 Å². The number of thiazole rings is 1. The van der Waals surface area contributed by atoms with E-state index in [4.69, 9.17) is 4.74 Å². The van der Waals surface area contributed by atoms with Crippen LogP contribution >= 0.6 is 11.3 Å². The third-order valence-electron chi connectivity index (χ3n) is 2.63. The van der Waals surface area contributed by atoms with Gasteiger partial charge >= 0.3 is 5.97 Å². The van der Waals surface area contributed by atoms with E-state index in [1.807, 2.05) is 0 Å². The predicted octanol–water partition coefficient (Wildman–Crippen LogP) is 3.02. The van der Waals surface area contributed by atoms with Crippen LogP contribution in [0.1, 0.15) is 32.8 Å². The standard InChI is InChI=1S/C14H13FN2O3S/c1-3-20-14(19)13-17-11(7-21-13)12(18)16-10-6-9(15)5-4-8(10)2/h4-7H,3H2,1-2H3,(H,16,18). The topological polar surface area (TPSA) is 68.3 Å². The Morgan fingerprint density at radius 3 is 2.90 bits per heavy atom. The Labute approximate surface area is 124 Å². The molecule has 0 saturated carbocycles. The SMILES string of the molecule is CCOC(=O)c1nc(C(=O)Nc2cc(F)ccc2C)cs1. The zero-order chi connectivity index (χ0) is 15.4. The molecule has 0 aliphatic rings. The highest BCUT2D eigenvalue weighted by Gasteiger charge is 2.17. The summed E-state index contributed by atoms with van der Waals surface area (Å²) in [5.41, 5.74) is 1.18. The van der Waals surface area contributed by atoms with Gasteiger partial charge in [0.2, 0.25) is 5.01 Å². The second kappa shape index (κ2) is 6.45. The van der Waals surface area contributed by atoms with Gasteiger partial charge in [-0.25, -0.2) is 14.2 Å². The molecule has 0 radical (unpaired) electrons. The zero-order valence-electron chi connectivity index (χ0n) is 11.5. The number of ether oxygens (including phenoxy) is 1. The smallest absolute Gasteiger partial charge is 0.367 e. The molecule has 0 unspecified atom stereocenters. The highest BCUT2D eigenvalue weighted by Crippen LogP contribution is 2.18. The van der Waals surface area contributed by atoms with Gasteiger partial charge in [0, 0.05) is 11.1 Å². The van der Waals surface area contributed by atoms with Gasteiger partial charge in [0.15, 0.2) is 0 Å². The van der Waals surface area contributed by atoms with Crippen LogP contribution in [0.5, 0.6) is 0 Å². The number of anilines is 1. The fourth-order valence-electron chi connectivity index (χ4n) is 1.58. The minimum atomic E-state index is -0.566. The molecule has 0 bridgehead atoms. The van der Waals surface area contributed by atoms with Crippen LogP contribution in [-0.4, -0.2) is 23.5 Å². The summed E-state index contributed by atoms with van der Waals surface area (Å²) in [5.74, 6) is -1.51. The highest BCUT2D eigenvalue weighted by molar-refractivity contribution is 7.11. The second-order valence-corrected chi connectivity index (χ2v) is 5.03. The van der Waals surface area contributed by atoms with Crippen molar-refractivity contribution in [2.75, 3.05) is 11.9 Å². The van der Waals surface area contributed by atoms with Gasteiger partial charge in [-0.3, -0.25) is 4.79 Å². The maximum Gasteiger partial charge on any atom is 0.367 e. The molecule has 0 aliphatic heterocycles. The Bertz CT molecular complexity index is 685. The summed E-state index contributed by atoms with van der Waals surface area (Å²) in [4.78, 5) is 27.4. The number of nitrogens with one attached hydrogen (secondary N) is 1. The molecule has 0 saturated heterocycles. The first-order valence-corrected chi connectivity index (χ1v) is 7.09. The van der Waals surface area contributed by atoms with Crippen LogP contribution in [0, 0.1) is 12.7 Å². The molecule has 1 aromatic heterocycles. The Hall–Kier alpha value is -2.28. The van der Waals surface area contributed by atoms with E-state index >= 15 is 0 Å². The predicted molar refractivity (Wildman–Crippen MR) is 77.2 cm³/mol. The maximum atomic E-state index is 13.2. The van der Waals surface area contributed by atoms with E-state index in [2.05, 4.69) is 10.3 Å². The molecule has 110 valence electrons. The van der Waals surface area contributed by atoms with Crippen molar-refractivity contribution in [1.82, 2.24) is 4.98 Å². The molecule has 7 heteroatoms. The van der Waals surface area contributed by atoms with Crippen LogP contribution in [0.2, 0.25) is 0 Å². The van der Waals surface area contributed by atoms with Gasteiger partial charge < -0.3 is 10.1 Å². The Kier molecular flexibility index (Phi) is 4.64. The summed E-state index contributed by atoms with van der Waals surface area (Å²) in [6, 6.07) is 4.11. The zero-order valence-corrected chi connectivity index (χ0v) is 12.3. The summed E-state index contributed by atoms with van der Waals surface area (Å²) in [7, 11) is 0. The third kappa shape index (κ3) is 3.63. The van der Waals surface area contributed by atoms with Crippen molar-refractivity contribution in [1.29, 1.82) is 0 Å². The minimum absolute atomic E-state index is 0.0896. The monoisotopic (exact) mass is 308 g/mol. The average Bonchev–Trinajstić information content (AvgIpc) is 2.93. The number of aryl methyl sites for hydroxylation is 1. The second-order valence-electron chi connectivity index (χ2n) is 4.17. The van der Waals surface area contributed by atoms with Crippen LogP contribution < -0.4 is 5.32 Å². The fraction of sp³-hybridized carbons (Fsp3) is 0.214. The molecule has 5 nitrogen and oxygen atoms in total. The van der Waals surface area contributed by atoms with Crippen LogP contribution in [0.4, 0.5) is 10.1 Å². The lowest BCUT2D eigenvalue weighted by atomic mass is 10.2. The number of aromatic nitrogens is 1. The molecular formula is C14H13FN2O3S. The number of esters is 1. The first-order valence-electron chi connectivity index (χ1n) is 6.21. The first-order chi connectivity index (χ1) is 10.0. The number of nitrogens with zero attached hydrogens (tertiary/aromatic N) is 1. The van der Waals surface area contributed by atoms with E-state index in [-0.39, 0.29) is 17.3 Å². The molecule has 0 aliphatic carbocycles. The summed E-state index contributed by atoms with van der Waals surface area (Å²) in [6.07, 6.45) is 0. The molecule has 1 heterocycles. The number of hydrogen-bond acceptors (Lipinski definition) is 5. The number of hydrogen-bond donors (Lipinski definition) is 1. The maximum absolute atomic E-state index is 13.2. The Morgan fingerprint density at radius 2 is 2.19 bits per heavy atom. The first kappa shape index (κ1) is 15.1. The van der Waals surface area contributed by atoms with Gasteiger partial charge in [-0.15, -0.1) is 11.3 Å². The molecule has 1 aromatic carbocycles. The van der Waals surface area contributed by atoms with Gasteiger partial charge in [0.25, 0.3) is 5.91 Å². The lowest BCUT2D eigenvalue weighted by molar-refractivity contribution is 0.0526. The lowest BCUT2D eigenvalue weighted by Gasteiger charge is -2.06. The van der Waals surface area contributed by atoms with Gasteiger partial charge in [-0.05, 0) is 31.5 Å². The van der Waals surface area contributed by atoms with Crippen LogP contribution in [-0.2, 0) is 4.74 Å². The molecule has 0 fully saturated rings. The average molecular weight is 308 g/mol. The van der Waals surface area contributed by atoms with Gasteiger partial charge in [0.1, 0.15) is 11.5 Å². The Balaban J connectivity index is 2.14. The quantitative estimate of drug-likeness (QED) is 0.882. The molecule has 0 spiro atoms. The van der Waals surface area contributed by atoms with Crippen molar-refractivity contribution in [2.45, 2.75) is 13.8 Å². The molecule has 2 rings (SSSR count). The summed E-state index contributed by atoms with van der Waals surface area (Å²) >= 11 is 1.02.